The molecule has 1 aliphatic heterocycles. The summed E-state index contributed by atoms with van der Waals surface area (Å²) in [5.41, 5.74) is 5.58. The summed E-state index contributed by atoms with van der Waals surface area (Å²) in [6.45, 7) is 9.01. The molecule has 25 heavy (non-hydrogen) atoms. The Balaban J connectivity index is 2.75. The Morgan fingerprint density at radius 3 is 2.08 bits per heavy atom. The van der Waals surface area contributed by atoms with Crippen LogP contribution in [0.3, 0.4) is 0 Å². The van der Waals surface area contributed by atoms with Gasteiger partial charge in [-0.25, -0.2) is 0 Å². The fraction of sp³-hybridized carbons (Fsp3) is 0.947. The summed E-state index contributed by atoms with van der Waals surface area (Å²) in [7, 11) is 0. The topological polar surface area (TPSA) is 80.0 Å². The molecule has 0 aliphatic carbocycles. The molecule has 0 spiro atoms. The number of amides is 1. The summed E-state index contributed by atoms with van der Waals surface area (Å²) in [6, 6.07) is 0. The number of unbranched alkanes of at least 4 members (excludes halogenated alkanes) is 3. The first kappa shape index (κ1) is 22.4. The molecule has 1 amide bonds. The van der Waals surface area contributed by atoms with Crippen molar-refractivity contribution >= 4 is 5.91 Å². The average Bonchev–Trinajstić information content (AvgIpc) is 2.60. The highest BCUT2D eigenvalue weighted by Crippen LogP contribution is 2.27. The Labute approximate surface area is 152 Å². The fourth-order valence-corrected chi connectivity index (χ4v) is 2.83. The van der Waals surface area contributed by atoms with Crippen LogP contribution in [0.2, 0.25) is 0 Å². The predicted molar refractivity (Wildman–Crippen MR) is 97.4 cm³/mol. The van der Waals surface area contributed by atoms with Gasteiger partial charge in [0, 0.05) is 19.8 Å². The molecular formula is C19H37NO5. The summed E-state index contributed by atoms with van der Waals surface area (Å²) >= 11 is 0. The molecule has 1 heterocycles. The van der Waals surface area contributed by atoms with Crippen LogP contribution in [-0.4, -0.2) is 57.3 Å². The van der Waals surface area contributed by atoms with Gasteiger partial charge in [0.2, 0.25) is 5.91 Å². The van der Waals surface area contributed by atoms with Gasteiger partial charge in [0.15, 0.2) is 0 Å². The highest BCUT2D eigenvalue weighted by molar-refractivity contribution is 5.77. The molecule has 6 heteroatoms. The molecule has 1 aliphatic rings. The van der Waals surface area contributed by atoms with Crippen molar-refractivity contribution in [1.29, 1.82) is 0 Å². The van der Waals surface area contributed by atoms with Crippen molar-refractivity contribution < 1.29 is 23.7 Å². The SMILES string of the molecule is CCCCOC[C@H]1OC[C@@H](C(N)=O)[C@@H](OCCCC)[C@H]1OCCCC. The van der Waals surface area contributed by atoms with Gasteiger partial charge >= 0.3 is 0 Å². The van der Waals surface area contributed by atoms with E-state index in [1.165, 1.54) is 0 Å². The maximum absolute atomic E-state index is 11.9. The Kier molecular flexibility index (Phi) is 12.1. The summed E-state index contributed by atoms with van der Waals surface area (Å²) < 4.78 is 23.7. The molecule has 1 saturated heterocycles. The maximum atomic E-state index is 11.9. The number of hydrogen-bond acceptors (Lipinski definition) is 5. The van der Waals surface area contributed by atoms with E-state index in [0.717, 1.165) is 38.5 Å². The third kappa shape index (κ3) is 8.03. The van der Waals surface area contributed by atoms with Crippen molar-refractivity contribution in [2.24, 2.45) is 11.7 Å². The smallest absolute Gasteiger partial charge is 0.225 e. The highest BCUT2D eigenvalue weighted by atomic mass is 16.6. The summed E-state index contributed by atoms with van der Waals surface area (Å²) in [5.74, 6) is -0.869. The van der Waals surface area contributed by atoms with E-state index in [-0.39, 0.29) is 24.9 Å². The number of nitrogens with two attached hydrogens (primary N) is 1. The van der Waals surface area contributed by atoms with E-state index >= 15 is 0 Å². The lowest BCUT2D eigenvalue weighted by Crippen LogP contribution is -2.57. The van der Waals surface area contributed by atoms with Gasteiger partial charge in [-0.2, -0.15) is 0 Å². The first-order chi connectivity index (χ1) is 12.2. The largest absolute Gasteiger partial charge is 0.379 e. The Morgan fingerprint density at radius 2 is 1.52 bits per heavy atom. The fourth-order valence-electron chi connectivity index (χ4n) is 2.83. The molecule has 1 rings (SSSR count). The zero-order valence-corrected chi connectivity index (χ0v) is 16.2. The minimum Gasteiger partial charge on any atom is -0.379 e. The molecular weight excluding hydrogens is 322 g/mol. The van der Waals surface area contributed by atoms with Crippen LogP contribution in [0.15, 0.2) is 0 Å². The second-order valence-electron chi connectivity index (χ2n) is 6.69. The van der Waals surface area contributed by atoms with Gasteiger partial charge in [0.1, 0.15) is 18.3 Å². The predicted octanol–water partition coefficient (Wildman–Crippen LogP) is 2.67. The third-order valence-corrected chi connectivity index (χ3v) is 4.48. The second kappa shape index (κ2) is 13.5. The van der Waals surface area contributed by atoms with E-state index < -0.39 is 11.8 Å². The average molecular weight is 360 g/mol. The number of primary amides is 1. The standard InChI is InChI=1S/C19H37NO5/c1-4-7-10-22-14-16-18(24-12-9-6-3)17(23-11-8-5-2)15(13-25-16)19(20)21/h15-18H,4-14H2,1-3H3,(H2,20,21)/t15-,16-,17-,18+/m1/s1. The first-order valence-electron chi connectivity index (χ1n) is 9.87. The Hall–Kier alpha value is -0.690. The van der Waals surface area contributed by atoms with E-state index in [4.69, 9.17) is 24.7 Å². The van der Waals surface area contributed by atoms with Crippen LogP contribution in [0.25, 0.3) is 0 Å². The zero-order chi connectivity index (χ0) is 18.5. The van der Waals surface area contributed by atoms with Crippen LogP contribution in [0.4, 0.5) is 0 Å². The van der Waals surface area contributed by atoms with Gasteiger partial charge < -0.3 is 24.7 Å². The second-order valence-corrected chi connectivity index (χ2v) is 6.69. The lowest BCUT2D eigenvalue weighted by atomic mass is 9.91. The van der Waals surface area contributed by atoms with Crippen molar-refractivity contribution in [3.8, 4) is 0 Å². The van der Waals surface area contributed by atoms with Crippen LogP contribution >= 0.6 is 0 Å². The number of ether oxygens (including phenoxy) is 4. The molecule has 148 valence electrons. The molecule has 0 unspecified atom stereocenters. The van der Waals surface area contributed by atoms with Crippen molar-refractivity contribution in [2.75, 3.05) is 33.0 Å². The molecule has 0 aromatic heterocycles. The number of carbonyl (C=O) groups is 1. The normalized spacial score (nSPS) is 26.7. The highest BCUT2D eigenvalue weighted by Gasteiger charge is 2.44. The number of hydrogen-bond donors (Lipinski definition) is 1. The van der Waals surface area contributed by atoms with Crippen LogP contribution in [-0.2, 0) is 23.7 Å². The van der Waals surface area contributed by atoms with Crippen LogP contribution in [0, 0.1) is 5.92 Å². The Morgan fingerprint density at radius 1 is 0.960 bits per heavy atom. The van der Waals surface area contributed by atoms with E-state index in [9.17, 15) is 4.79 Å². The van der Waals surface area contributed by atoms with Gasteiger partial charge in [0.05, 0.1) is 19.1 Å². The third-order valence-electron chi connectivity index (χ3n) is 4.48. The molecule has 1 fully saturated rings. The molecule has 0 aromatic carbocycles. The first-order valence-corrected chi connectivity index (χ1v) is 9.87. The molecule has 2 N–H and O–H groups in total. The summed E-state index contributed by atoms with van der Waals surface area (Å²) in [5, 5.41) is 0. The van der Waals surface area contributed by atoms with Crippen molar-refractivity contribution in [3.05, 3.63) is 0 Å². The van der Waals surface area contributed by atoms with Gasteiger partial charge in [-0.3, -0.25) is 4.79 Å². The van der Waals surface area contributed by atoms with E-state index in [1.54, 1.807) is 0 Å². The number of carbonyl (C=O) groups excluding carboxylic acids is 1. The summed E-state index contributed by atoms with van der Waals surface area (Å²) in [4.78, 5) is 11.9. The van der Waals surface area contributed by atoms with E-state index in [1.807, 2.05) is 0 Å². The van der Waals surface area contributed by atoms with Crippen molar-refractivity contribution in [1.82, 2.24) is 0 Å². The van der Waals surface area contributed by atoms with Crippen molar-refractivity contribution in [3.63, 3.8) is 0 Å². The maximum Gasteiger partial charge on any atom is 0.225 e. The molecule has 4 atom stereocenters. The quantitative estimate of drug-likeness (QED) is 0.482. The molecule has 0 radical (unpaired) electrons. The van der Waals surface area contributed by atoms with Gasteiger partial charge in [-0.1, -0.05) is 40.0 Å². The van der Waals surface area contributed by atoms with Crippen LogP contribution < -0.4 is 5.73 Å². The van der Waals surface area contributed by atoms with E-state index in [2.05, 4.69) is 20.8 Å². The monoisotopic (exact) mass is 359 g/mol. The van der Waals surface area contributed by atoms with Crippen molar-refractivity contribution in [2.45, 2.75) is 77.6 Å². The molecule has 0 aromatic rings. The minimum atomic E-state index is -0.477. The van der Waals surface area contributed by atoms with Crippen LogP contribution in [0.5, 0.6) is 0 Å². The minimum absolute atomic E-state index is 0.226. The Bertz CT molecular complexity index is 353. The van der Waals surface area contributed by atoms with Gasteiger partial charge in [-0.05, 0) is 19.3 Å². The summed E-state index contributed by atoms with van der Waals surface area (Å²) in [6.07, 6.45) is 5.19. The van der Waals surface area contributed by atoms with E-state index in [0.29, 0.717) is 26.4 Å². The molecule has 0 bridgehead atoms. The van der Waals surface area contributed by atoms with Crippen LogP contribution in [0.1, 0.15) is 59.3 Å². The molecule has 6 nitrogen and oxygen atoms in total. The zero-order valence-electron chi connectivity index (χ0n) is 16.2. The lowest BCUT2D eigenvalue weighted by molar-refractivity contribution is -0.212. The number of rotatable bonds is 14. The van der Waals surface area contributed by atoms with Gasteiger partial charge in [0.25, 0.3) is 0 Å². The lowest BCUT2D eigenvalue weighted by Gasteiger charge is -2.41. The van der Waals surface area contributed by atoms with Gasteiger partial charge in [-0.15, -0.1) is 0 Å². The molecule has 0 saturated carbocycles.